The van der Waals surface area contributed by atoms with Crippen molar-refractivity contribution in [1.82, 2.24) is 16.0 Å². The zero-order chi connectivity index (χ0) is 25.7. The summed E-state index contributed by atoms with van der Waals surface area (Å²) in [4.78, 5) is 80.7. The first-order valence-corrected chi connectivity index (χ1v) is 10.1. The summed E-state index contributed by atoms with van der Waals surface area (Å²) in [6.45, 7) is 0. The highest BCUT2D eigenvalue weighted by atomic mass is 32.1. The minimum Gasteiger partial charge on any atom is -0.481 e. The second-order valence-corrected chi connectivity index (χ2v) is 7.21. The fourth-order valence-corrected chi connectivity index (χ4v) is 2.65. The first kappa shape index (κ1) is 29.6. The number of carboxylic acid groups (broad SMARTS) is 3. The molecule has 0 saturated heterocycles. The van der Waals surface area contributed by atoms with Gasteiger partial charge in [-0.05, 0) is 12.8 Å². The van der Waals surface area contributed by atoms with E-state index in [2.05, 4.69) is 28.6 Å². The van der Waals surface area contributed by atoms with Crippen molar-refractivity contribution >= 4 is 54.2 Å². The molecule has 0 aliphatic carbocycles. The van der Waals surface area contributed by atoms with Crippen molar-refractivity contribution in [3.05, 3.63) is 0 Å². The van der Waals surface area contributed by atoms with Crippen molar-refractivity contribution in [2.24, 2.45) is 11.5 Å². The van der Waals surface area contributed by atoms with Crippen LogP contribution in [0, 0.1) is 0 Å². The highest BCUT2D eigenvalue weighted by molar-refractivity contribution is 7.80. The molecule has 0 bridgehead atoms. The molecule has 0 spiro atoms. The van der Waals surface area contributed by atoms with Crippen LogP contribution in [0.4, 0.5) is 0 Å². The summed E-state index contributed by atoms with van der Waals surface area (Å²) in [6.07, 6.45) is -2.43. The van der Waals surface area contributed by atoms with Gasteiger partial charge in [-0.15, -0.1) is 0 Å². The molecule has 33 heavy (non-hydrogen) atoms. The Bertz CT molecular complexity index is 777. The molecule has 10 N–H and O–H groups in total. The lowest BCUT2D eigenvalue weighted by Gasteiger charge is -2.24. The van der Waals surface area contributed by atoms with Crippen molar-refractivity contribution in [2.75, 3.05) is 5.75 Å². The van der Waals surface area contributed by atoms with Crippen LogP contribution in [0.25, 0.3) is 0 Å². The number of carbonyl (C=O) groups is 7. The number of aliphatic carboxylic acids is 3. The third kappa shape index (κ3) is 12.3. The number of hydrogen-bond acceptors (Lipinski definition) is 9. The number of thiol groups is 1. The standard InChI is InChI=1S/C17H27N5O10S/c18-7(5-11(19)23)14(28)20-8(1-3-12(24)25)15(29)22-10(6-33)16(30)21-9(17(31)32)2-4-13(26)27/h7-10,33H,1-6,18H2,(H2,19,23)(H,20,28)(H,21,30)(H,22,29)(H,24,25)(H,26,27)(H,31,32). The summed E-state index contributed by atoms with van der Waals surface area (Å²) in [6, 6.07) is -5.83. The maximum absolute atomic E-state index is 12.6. The average Bonchev–Trinajstić information content (AvgIpc) is 2.70. The Morgan fingerprint density at radius 3 is 1.58 bits per heavy atom. The van der Waals surface area contributed by atoms with Gasteiger partial charge in [-0.3, -0.25) is 28.8 Å². The van der Waals surface area contributed by atoms with Crippen LogP contribution in [-0.2, 0) is 33.6 Å². The molecule has 0 aromatic carbocycles. The summed E-state index contributed by atoms with van der Waals surface area (Å²) < 4.78 is 0. The summed E-state index contributed by atoms with van der Waals surface area (Å²) in [5, 5.41) is 33.1. The first-order valence-electron chi connectivity index (χ1n) is 9.50. The van der Waals surface area contributed by atoms with E-state index in [1.54, 1.807) is 0 Å². The molecule has 4 atom stereocenters. The Balaban J connectivity index is 5.31. The molecule has 4 unspecified atom stereocenters. The minimum atomic E-state index is -1.55. The number of primary amides is 1. The quantitative estimate of drug-likeness (QED) is 0.0947. The Morgan fingerprint density at radius 2 is 1.15 bits per heavy atom. The highest BCUT2D eigenvalue weighted by Gasteiger charge is 2.30. The molecule has 0 aliphatic rings. The Hall–Kier alpha value is -3.40. The van der Waals surface area contributed by atoms with Gasteiger partial charge >= 0.3 is 17.9 Å². The molecule has 186 valence electrons. The Labute approximate surface area is 193 Å². The number of rotatable bonds is 16. The summed E-state index contributed by atoms with van der Waals surface area (Å²) in [7, 11) is 0. The van der Waals surface area contributed by atoms with Crippen molar-refractivity contribution < 1.29 is 48.9 Å². The molecule has 0 aromatic rings. The highest BCUT2D eigenvalue weighted by Crippen LogP contribution is 2.03. The molecule has 15 nitrogen and oxygen atoms in total. The van der Waals surface area contributed by atoms with E-state index in [1.165, 1.54) is 0 Å². The van der Waals surface area contributed by atoms with Gasteiger partial charge in [0.2, 0.25) is 23.6 Å². The number of amides is 4. The minimum absolute atomic E-state index is 0.316. The van der Waals surface area contributed by atoms with Crippen LogP contribution < -0.4 is 27.4 Å². The molecule has 0 saturated carbocycles. The van der Waals surface area contributed by atoms with E-state index in [0.717, 1.165) is 0 Å². The van der Waals surface area contributed by atoms with Gasteiger partial charge in [0.25, 0.3) is 0 Å². The number of carbonyl (C=O) groups excluding carboxylic acids is 4. The lowest BCUT2D eigenvalue weighted by Crippen LogP contribution is -2.57. The van der Waals surface area contributed by atoms with Gasteiger partial charge < -0.3 is 42.7 Å². The van der Waals surface area contributed by atoms with Crippen LogP contribution in [0.15, 0.2) is 0 Å². The number of nitrogens with one attached hydrogen (secondary N) is 3. The molecular formula is C17H27N5O10S. The van der Waals surface area contributed by atoms with Gasteiger partial charge in [0, 0.05) is 18.6 Å². The SMILES string of the molecule is NC(=O)CC(N)C(=O)NC(CCC(=O)O)C(=O)NC(CS)C(=O)NC(CCC(=O)O)C(=O)O. The zero-order valence-electron chi connectivity index (χ0n) is 17.4. The third-order valence-corrected chi connectivity index (χ3v) is 4.48. The molecule has 4 amide bonds. The van der Waals surface area contributed by atoms with E-state index in [9.17, 15) is 33.6 Å². The predicted octanol–water partition coefficient (Wildman–Crippen LogP) is -3.61. The summed E-state index contributed by atoms with van der Waals surface area (Å²) in [5.41, 5.74) is 10.4. The molecule has 0 rings (SSSR count). The molecule has 0 aliphatic heterocycles. The van der Waals surface area contributed by atoms with E-state index in [1.807, 2.05) is 0 Å². The number of carboxylic acids is 3. The van der Waals surface area contributed by atoms with Gasteiger partial charge in [-0.25, -0.2) is 4.79 Å². The van der Waals surface area contributed by atoms with E-state index in [-0.39, 0.29) is 5.75 Å². The van der Waals surface area contributed by atoms with Gasteiger partial charge in [0.15, 0.2) is 0 Å². The van der Waals surface area contributed by atoms with Crippen molar-refractivity contribution in [3.8, 4) is 0 Å². The zero-order valence-corrected chi connectivity index (χ0v) is 18.2. The van der Waals surface area contributed by atoms with E-state index >= 15 is 0 Å². The molecule has 0 radical (unpaired) electrons. The van der Waals surface area contributed by atoms with Crippen molar-refractivity contribution in [1.29, 1.82) is 0 Å². The maximum atomic E-state index is 12.6. The van der Waals surface area contributed by atoms with E-state index in [0.29, 0.717) is 0 Å². The van der Waals surface area contributed by atoms with Crippen LogP contribution >= 0.6 is 12.6 Å². The third-order valence-electron chi connectivity index (χ3n) is 4.11. The fraction of sp³-hybridized carbons (Fsp3) is 0.588. The first-order chi connectivity index (χ1) is 15.3. The summed E-state index contributed by atoms with van der Waals surface area (Å²) >= 11 is 3.91. The summed E-state index contributed by atoms with van der Waals surface area (Å²) in [5.74, 6) is -8.21. The van der Waals surface area contributed by atoms with Crippen LogP contribution in [-0.4, -0.2) is 86.8 Å². The Morgan fingerprint density at radius 1 is 0.727 bits per heavy atom. The second kappa shape index (κ2) is 14.6. The maximum Gasteiger partial charge on any atom is 0.326 e. The monoisotopic (exact) mass is 493 g/mol. The topological polar surface area (TPSA) is 268 Å². The van der Waals surface area contributed by atoms with Crippen LogP contribution in [0.5, 0.6) is 0 Å². The lowest BCUT2D eigenvalue weighted by atomic mass is 10.1. The molecule has 0 aromatic heterocycles. The molecule has 16 heteroatoms. The average molecular weight is 493 g/mol. The van der Waals surface area contributed by atoms with E-state index in [4.69, 9.17) is 26.8 Å². The van der Waals surface area contributed by atoms with E-state index < -0.39 is 97.8 Å². The largest absolute Gasteiger partial charge is 0.481 e. The lowest BCUT2D eigenvalue weighted by molar-refractivity contribution is -0.143. The molecule has 0 fully saturated rings. The fourth-order valence-electron chi connectivity index (χ4n) is 2.39. The van der Waals surface area contributed by atoms with Crippen LogP contribution in [0.3, 0.4) is 0 Å². The smallest absolute Gasteiger partial charge is 0.326 e. The molecular weight excluding hydrogens is 466 g/mol. The number of nitrogens with two attached hydrogens (primary N) is 2. The predicted molar refractivity (Wildman–Crippen MR) is 113 cm³/mol. The van der Waals surface area contributed by atoms with Crippen molar-refractivity contribution in [3.63, 3.8) is 0 Å². The normalized spacial score (nSPS) is 14.1. The second-order valence-electron chi connectivity index (χ2n) is 6.85. The van der Waals surface area contributed by atoms with Gasteiger partial charge in [-0.1, -0.05) is 0 Å². The van der Waals surface area contributed by atoms with Crippen LogP contribution in [0.2, 0.25) is 0 Å². The van der Waals surface area contributed by atoms with Gasteiger partial charge in [-0.2, -0.15) is 12.6 Å². The molecule has 0 heterocycles. The van der Waals surface area contributed by atoms with Gasteiger partial charge in [0.05, 0.1) is 12.5 Å². The van der Waals surface area contributed by atoms with Crippen molar-refractivity contribution in [2.45, 2.75) is 56.3 Å². The van der Waals surface area contributed by atoms with Gasteiger partial charge in [0.1, 0.15) is 18.1 Å². The number of hydrogen-bond donors (Lipinski definition) is 9. The Kier molecular flexibility index (Phi) is 13.1. The van der Waals surface area contributed by atoms with Crippen LogP contribution in [0.1, 0.15) is 32.1 Å².